The van der Waals surface area contributed by atoms with E-state index >= 15 is 0 Å². The van der Waals surface area contributed by atoms with Gasteiger partial charge in [-0.1, -0.05) is 163 Å². The minimum absolute atomic E-state index is 0.618. The Labute approximate surface area is 272 Å². The van der Waals surface area contributed by atoms with Gasteiger partial charge in [-0.3, -0.25) is 0 Å². The van der Waals surface area contributed by atoms with Crippen LogP contribution in [-0.4, -0.2) is 20.1 Å². The van der Waals surface area contributed by atoms with Gasteiger partial charge in [-0.25, -0.2) is 15.0 Å². The first-order valence-electron chi connectivity index (χ1n) is 15.5. The maximum Gasteiger partial charge on any atom is 0.175 e. The average molecular weight is 605 g/mol. The van der Waals surface area contributed by atoms with E-state index in [-0.39, 0.29) is 0 Å². The molecule has 0 saturated carbocycles. The molecule has 222 valence electrons. The zero-order valence-electron chi connectivity index (χ0n) is 25.4. The lowest BCUT2D eigenvalue weighted by Gasteiger charge is -2.11. The highest BCUT2D eigenvalue weighted by molar-refractivity contribution is 5.91. The molecule has 6 aromatic carbocycles. The van der Waals surface area contributed by atoms with E-state index in [0.717, 1.165) is 61.5 Å². The monoisotopic (exact) mass is 604 g/mol. The van der Waals surface area contributed by atoms with Gasteiger partial charge in [0.05, 0.1) is 5.56 Å². The van der Waals surface area contributed by atoms with E-state index in [1.165, 1.54) is 0 Å². The van der Waals surface area contributed by atoms with Gasteiger partial charge in [0.1, 0.15) is 5.69 Å². The summed E-state index contributed by atoms with van der Waals surface area (Å²) in [6.07, 6.45) is 0. The van der Waals surface area contributed by atoms with Crippen LogP contribution in [-0.2, 0) is 0 Å². The number of nitrogens with zero attached hydrogens (tertiary/aromatic N) is 4. The van der Waals surface area contributed by atoms with Gasteiger partial charge in [0.15, 0.2) is 23.2 Å². The zero-order valence-corrected chi connectivity index (χ0v) is 25.4. The summed E-state index contributed by atoms with van der Waals surface area (Å²) in [5.74, 6) is 2.63. The van der Waals surface area contributed by atoms with Crippen molar-refractivity contribution in [1.82, 2.24) is 20.1 Å². The predicted octanol–water partition coefficient (Wildman–Crippen LogP) is 10.5. The zero-order chi connectivity index (χ0) is 31.4. The van der Waals surface area contributed by atoms with Crippen LogP contribution in [0.5, 0.6) is 0 Å². The topological polar surface area (TPSA) is 64.7 Å². The minimum Gasteiger partial charge on any atom is -0.355 e. The van der Waals surface area contributed by atoms with Crippen molar-refractivity contribution >= 4 is 0 Å². The maximum atomic E-state index is 6.04. The smallest absolute Gasteiger partial charge is 0.175 e. The fourth-order valence-electron chi connectivity index (χ4n) is 5.77. The van der Waals surface area contributed by atoms with Crippen LogP contribution in [0.1, 0.15) is 0 Å². The van der Waals surface area contributed by atoms with Crippen LogP contribution < -0.4 is 0 Å². The second-order valence-corrected chi connectivity index (χ2v) is 11.2. The molecule has 2 aromatic heterocycles. The molecule has 0 aliphatic heterocycles. The minimum atomic E-state index is 0.618. The molecule has 0 fully saturated rings. The Morgan fingerprint density at radius 3 is 1.23 bits per heavy atom. The summed E-state index contributed by atoms with van der Waals surface area (Å²) in [5.41, 5.74) is 9.65. The summed E-state index contributed by atoms with van der Waals surface area (Å²) >= 11 is 0. The van der Waals surface area contributed by atoms with Crippen LogP contribution in [0, 0.1) is 0 Å². The summed E-state index contributed by atoms with van der Waals surface area (Å²) < 4.78 is 6.04. The predicted molar refractivity (Wildman–Crippen MR) is 188 cm³/mol. The molecule has 2 heterocycles. The molecule has 0 atom stereocenters. The fraction of sp³-hybridized carbons (Fsp3) is 0. The van der Waals surface area contributed by atoms with Crippen LogP contribution in [0.15, 0.2) is 174 Å². The standard InChI is InChI=1S/C42H28N4O/c1-5-15-29(16-6-1)38-37(39(47-46-38)30-17-7-2-8-18-30)35-25-13-23-33(27-35)34-24-14-26-36(28-34)42-44-40(31-19-9-3-10-20-31)43-41(45-42)32-21-11-4-12-22-32/h1-28H. The Balaban J connectivity index is 1.23. The Kier molecular flexibility index (Phi) is 7.46. The third-order valence-electron chi connectivity index (χ3n) is 8.08. The van der Waals surface area contributed by atoms with Crippen molar-refractivity contribution < 1.29 is 4.52 Å². The van der Waals surface area contributed by atoms with Crippen molar-refractivity contribution in [3.05, 3.63) is 170 Å². The van der Waals surface area contributed by atoms with Gasteiger partial charge in [-0.05, 0) is 28.8 Å². The molecule has 0 bridgehead atoms. The molecule has 0 radical (unpaired) electrons. The Morgan fingerprint density at radius 1 is 0.319 bits per heavy atom. The van der Waals surface area contributed by atoms with E-state index in [1.54, 1.807) is 0 Å². The molecule has 0 spiro atoms. The van der Waals surface area contributed by atoms with Crippen molar-refractivity contribution in [2.24, 2.45) is 0 Å². The number of benzene rings is 6. The quantitative estimate of drug-likeness (QED) is 0.181. The Hall–Kier alpha value is -6.46. The lowest BCUT2D eigenvalue weighted by molar-refractivity contribution is 0.435. The molecule has 8 aromatic rings. The third kappa shape index (κ3) is 5.74. The van der Waals surface area contributed by atoms with Crippen LogP contribution in [0.25, 0.3) is 79.0 Å². The van der Waals surface area contributed by atoms with Gasteiger partial charge in [0, 0.05) is 27.8 Å². The summed E-state index contributed by atoms with van der Waals surface area (Å²) in [4.78, 5) is 14.7. The molecular weight excluding hydrogens is 576 g/mol. The van der Waals surface area contributed by atoms with Gasteiger partial charge >= 0.3 is 0 Å². The van der Waals surface area contributed by atoms with Gasteiger partial charge in [-0.15, -0.1) is 0 Å². The summed E-state index contributed by atoms with van der Waals surface area (Å²) in [5, 5.41) is 4.56. The first-order chi connectivity index (χ1) is 23.3. The summed E-state index contributed by atoms with van der Waals surface area (Å²) in [7, 11) is 0. The van der Waals surface area contributed by atoms with Crippen molar-refractivity contribution in [3.63, 3.8) is 0 Å². The lowest BCUT2D eigenvalue weighted by Crippen LogP contribution is -2.00. The number of hydrogen-bond donors (Lipinski definition) is 0. The van der Waals surface area contributed by atoms with Gasteiger partial charge in [0.2, 0.25) is 0 Å². The highest BCUT2D eigenvalue weighted by Gasteiger charge is 2.21. The molecular formula is C42H28N4O. The van der Waals surface area contributed by atoms with E-state index in [1.807, 2.05) is 115 Å². The number of hydrogen-bond acceptors (Lipinski definition) is 5. The molecule has 0 N–H and O–H groups in total. The van der Waals surface area contributed by atoms with Crippen LogP contribution in [0.4, 0.5) is 0 Å². The Bertz CT molecular complexity index is 2170. The first-order valence-corrected chi connectivity index (χ1v) is 15.5. The molecule has 0 amide bonds. The normalized spacial score (nSPS) is 11.0. The largest absolute Gasteiger partial charge is 0.355 e. The number of rotatable bonds is 7. The van der Waals surface area contributed by atoms with Crippen molar-refractivity contribution in [2.45, 2.75) is 0 Å². The molecule has 0 saturated heterocycles. The molecule has 5 nitrogen and oxygen atoms in total. The average Bonchev–Trinajstić information content (AvgIpc) is 3.62. The van der Waals surface area contributed by atoms with Gasteiger partial charge in [0.25, 0.3) is 0 Å². The fourth-order valence-corrected chi connectivity index (χ4v) is 5.77. The second-order valence-electron chi connectivity index (χ2n) is 11.2. The van der Waals surface area contributed by atoms with Gasteiger partial charge in [-0.2, -0.15) is 0 Å². The van der Waals surface area contributed by atoms with Crippen LogP contribution in [0.2, 0.25) is 0 Å². The summed E-state index contributed by atoms with van der Waals surface area (Å²) in [6.45, 7) is 0. The van der Waals surface area contributed by atoms with E-state index in [9.17, 15) is 0 Å². The Morgan fingerprint density at radius 2 is 0.702 bits per heavy atom. The molecule has 47 heavy (non-hydrogen) atoms. The number of aromatic nitrogens is 4. The van der Waals surface area contributed by atoms with Crippen LogP contribution >= 0.6 is 0 Å². The summed E-state index contributed by atoms with van der Waals surface area (Å²) in [6, 6.07) is 57.2. The van der Waals surface area contributed by atoms with Gasteiger partial charge < -0.3 is 4.52 Å². The molecule has 0 aliphatic rings. The molecule has 0 aliphatic carbocycles. The molecule has 5 heteroatoms. The highest BCUT2D eigenvalue weighted by Crippen LogP contribution is 2.41. The highest BCUT2D eigenvalue weighted by atomic mass is 16.5. The van der Waals surface area contributed by atoms with E-state index < -0.39 is 0 Å². The third-order valence-corrected chi connectivity index (χ3v) is 8.08. The van der Waals surface area contributed by atoms with Crippen molar-refractivity contribution in [1.29, 1.82) is 0 Å². The SMILES string of the molecule is c1ccc(-c2nc(-c3ccccc3)nc(-c3cccc(-c4cccc(-c5c(-c6ccccc6)noc5-c5ccccc5)c4)c3)n2)cc1. The van der Waals surface area contributed by atoms with Crippen LogP contribution in [0.3, 0.4) is 0 Å². The van der Waals surface area contributed by atoms with Crippen molar-refractivity contribution in [3.8, 4) is 79.0 Å². The first kappa shape index (κ1) is 28.0. The van der Waals surface area contributed by atoms with E-state index in [2.05, 4.69) is 59.8 Å². The lowest BCUT2D eigenvalue weighted by atomic mass is 9.93. The van der Waals surface area contributed by atoms with E-state index in [4.69, 9.17) is 19.5 Å². The van der Waals surface area contributed by atoms with E-state index in [0.29, 0.717) is 17.5 Å². The maximum absolute atomic E-state index is 6.04. The second kappa shape index (κ2) is 12.5. The molecule has 8 rings (SSSR count). The van der Waals surface area contributed by atoms with Crippen molar-refractivity contribution in [2.75, 3.05) is 0 Å². The molecule has 0 unspecified atom stereocenters.